The predicted molar refractivity (Wildman–Crippen MR) is 48.4 cm³/mol. The lowest BCUT2D eigenvalue weighted by Crippen LogP contribution is -2.30. The van der Waals surface area contributed by atoms with Crippen molar-refractivity contribution in [2.45, 2.75) is 0 Å². The molecule has 3 N–H and O–H groups in total. The summed E-state index contributed by atoms with van der Waals surface area (Å²) in [5.74, 6) is -2.75. The van der Waals surface area contributed by atoms with Gasteiger partial charge in [-0.25, -0.2) is 8.78 Å². The summed E-state index contributed by atoms with van der Waals surface area (Å²) in [5, 5.41) is 10.5. The van der Waals surface area contributed by atoms with E-state index in [4.69, 9.17) is 5.21 Å². The van der Waals surface area contributed by atoms with E-state index in [0.717, 1.165) is 12.1 Å². The summed E-state index contributed by atoms with van der Waals surface area (Å²) in [4.78, 5) is 10.7. The average molecular weight is 215 g/mol. The van der Waals surface area contributed by atoms with Crippen LogP contribution in [0.25, 0.3) is 0 Å². The second-order valence-corrected chi connectivity index (χ2v) is 2.49. The van der Waals surface area contributed by atoms with Gasteiger partial charge in [0.25, 0.3) is 5.91 Å². The number of halogens is 2. The lowest BCUT2D eigenvalue weighted by molar-refractivity contribution is -0.114. The number of nitrogens with zero attached hydrogens (tertiary/aromatic N) is 1. The second-order valence-electron chi connectivity index (χ2n) is 2.49. The minimum Gasteiger partial charge on any atom is -0.411 e. The molecular formula is C8H7F2N3O2. The third-order valence-corrected chi connectivity index (χ3v) is 1.42. The monoisotopic (exact) mass is 215 g/mol. The largest absolute Gasteiger partial charge is 0.411 e. The molecule has 1 rings (SSSR count). The van der Waals surface area contributed by atoms with Crippen LogP contribution >= 0.6 is 0 Å². The molecule has 0 saturated carbocycles. The van der Waals surface area contributed by atoms with Crippen molar-refractivity contribution in [2.24, 2.45) is 5.16 Å². The van der Waals surface area contributed by atoms with Gasteiger partial charge in [-0.1, -0.05) is 5.16 Å². The summed E-state index contributed by atoms with van der Waals surface area (Å²) in [6, 6.07) is 3.00. The van der Waals surface area contributed by atoms with Crippen LogP contribution in [0.5, 0.6) is 0 Å². The maximum Gasteiger partial charge on any atom is 0.284 e. The van der Waals surface area contributed by atoms with Crippen LogP contribution in [0.1, 0.15) is 0 Å². The number of hydrazine groups is 1. The minimum absolute atomic E-state index is 0.161. The van der Waals surface area contributed by atoms with Crippen LogP contribution in [0, 0.1) is 11.6 Å². The molecule has 0 bridgehead atoms. The number of anilines is 1. The number of nitrogens with one attached hydrogen (secondary N) is 2. The van der Waals surface area contributed by atoms with E-state index in [9.17, 15) is 13.6 Å². The quantitative estimate of drug-likeness (QED) is 0.398. The first-order valence-corrected chi connectivity index (χ1v) is 3.82. The number of hydrogen-bond acceptors (Lipinski definition) is 4. The van der Waals surface area contributed by atoms with Crippen molar-refractivity contribution in [1.29, 1.82) is 0 Å². The van der Waals surface area contributed by atoms with E-state index in [-0.39, 0.29) is 5.69 Å². The molecule has 5 nitrogen and oxygen atoms in total. The van der Waals surface area contributed by atoms with E-state index in [1.54, 1.807) is 0 Å². The summed E-state index contributed by atoms with van der Waals surface area (Å²) >= 11 is 0. The molecule has 0 saturated heterocycles. The molecule has 0 aliphatic heterocycles. The van der Waals surface area contributed by atoms with Gasteiger partial charge in [-0.15, -0.1) is 0 Å². The number of rotatable bonds is 3. The standard InChI is InChI=1S/C8H7F2N3O2/c9-6-2-1-5(3-7(6)10)12-13-8(14)4-11-15/h1-4,12,15H,(H,13,14)/b11-4+. The van der Waals surface area contributed by atoms with Gasteiger partial charge in [-0.05, 0) is 12.1 Å². The Morgan fingerprint density at radius 3 is 2.73 bits per heavy atom. The van der Waals surface area contributed by atoms with Crippen molar-refractivity contribution in [1.82, 2.24) is 5.43 Å². The summed E-state index contributed by atoms with van der Waals surface area (Å²) in [6.07, 6.45) is 0.604. The summed E-state index contributed by atoms with van der Waals surface area (Å²) < 4.78 is 25.1. The molecule has 7 heteroatoms. The van der Waals surface area contributed by atoms with Crippen LogP contribution in [-0.4, -0.2) is 17.3 Å². The molecule has 0 fully saturated rings. The van der Waals surface area contributed by atoms with Gasteiger partial charge in [0.2, 0.25) is 0 Å². The van der Waals surface area contributed by atoms with Gasteiger partial charge in [0.15, 0.2) is 11.6 Å². The van der Waals surface area contributed by atoms with E-state index in [2.05, 4.69) is 16.0 Å². The highest BCUT2D eigenvalue weighted by Gasteiger charge is 2.02. The van der Waals surface area contributed by atoms with E-state index in [1.165, 1.54) is 6.07 Å². The lowest BCUT2D eigenvalue weighted by atomic mass is 10.3. The highest BCUT2D eigenvalue weighted by Crippen LogP contribution is 2.11. The summed E-state index contributed by atoms with van der Waals surface area (Å²) in [6.45, 7) is 0. The van der Waals surface area contributed by atoms with Gasteiger partial charge in [-0.3, -0.25) is 15.6 Å². The van der Waals surface area contributed by atoms with E-state index < -0.39 is 17.5 Å². The van der Waals surface area contributed by atoms with Crippen LogP contribution in [0.4, 0.5) is 14.5 Å². The smallest absolute Gasteiger partial charge is 0.284 e. The van der Waals surface area contributed by atoms with Crippen molar-refractivity contribution in [2.75, 3.05) is 5.43 Å². The Hall–Kier alpha value is -2.18. The molecule has 0 unspecified atom stereocenters. The number of oxime groups is 1. The maximum atomic E-state index is 12.7. The van der Waals surface area contributed by atoms with Crippen LogP contribution in [0.15, 0.2) is 23.4 Å². The van der Waals surface area contributed by atoms with Crippen LogP contribution in [0.3, 0.4) is 0 Å². The van der Waals surface area contributed by atoms with Crippen LogP contribution < -0.4 is 10.9 Å². The second kappa shape index (κ2) is 4.89. The molecule has 0 radical (unpaired) electrons. The Morgan fingerprint density at radius 1 is 1.40 bits per heavy atom. The molecule has 0 aliphatic carbocycles. The molecule has 0 aromatic heterocycles. The van der Waals surface area contributed by atoms with Gasteiger partial charge in [0.1, 0.15) is 6.21 Å². The van der Waals surface area contributed by atoms with Crippen LogP contribution in [-0.2, 0) is 4.79 Å². The van der Waals surface area contributed by atoms with Crippen molar-refractivity contribution >= 4 is 17.8 Å². The van der Waals surface area contributed by atoms with E-state index >= 15 is 0 Å². The normalized spacial score (nSPS) is 10.3. The zero-order valence-corrected chi connectivity index (χ0v) is 7.37. The first-order valence-electron chi connectivity index (χ1n) is 3.82. The molecule has 1 aromatic rings. The third kappa shape index (κ3) is 3.22. The molecule has 0 aliphatic rings. The van der Waals surface area contributed by atoms with Gasteiger partial charge >= 0.3 is 0 Å². The van der Waals surface area contributed by atoms with Crippen molar-refractivity contribution in [3.05, 3.63) is 29.8 Å². The van der Waals surface area contributed by atoms with E-state index in [1.807, 2.05) is 0 Å². The Bertz CT molecular complexity index is 395. The highest BCUT2D eigenvalue weighted by atomic mass is 19.2. The summed E-state index contributed by atoms with van der Waals surface area (Å²) in [7, 11) is 0. The highest BCUT2D eigenvalue weighted by molar-refractivity contribution is 6.26. The zero-order chi connectivity index (χ0) is 11.3. The van der Waals surface area contributed by atoms with Crippen molar-refractivity contribution < 1.29 is 18.8 Å². The SMILES string of the molecule is O=C(/C=N/O)NNc1ccc(F)c(F)c1. The Labute approximate surface area is 83.4 Å². The van der Waals surface area contributed by atoms with Gasteiger partial charge in [-0.2, -0.15) is 0 Å². The first-order chi connectivity index (χ1) is 7.13. The number of amides is 1. The van der Waals surface area contributed by atoms with Crippen LogP contribution in [0.2, 0.25) is 0 Å². The lowest BCUT2D eigenvalue weighted by Gasteiger charge is -2.05. The molecular weight excluding hydrogens is 208 g/mol. The fourth-order valence-electron chi connectivity index (χ4n) is 0.792. The van der Waals surface area contributed by atoms with Gasteiger partial charge < -0.3 is 5.21 Å². The molecule has 0 heterocycles. The average Bonchev–Trinajstić information content (AvgIpc) is 2.20. The maximum absolute atomic E-state index is 12.7. The van der Waals surface area contributed by atoms with Crippen molar-refractivity contribution in [3.8, 4) is 0 Å². The van der Waals surface area contributed by atoms with Gasteiger partial charge in [0, 0.05) is 6.07 Å². The van der Waals surface area contributed by atoms with Gasteiger partial charge in [0.05, 0.1) is 5.69 Å². The minimum atomic E-state index is -1.04. The fourth-order valence-corrected chi connectivity index (χ4v) is 0.792. The molecule has 15 heavy (non-hydrogen) atoms. The van der Waals surface area contributed by atoms with Crippen molar-refractivity contribution in [3.63, 3.8) is 0 Å². The molecule has 80 valence electrons. The number of benzene rings is 1. The fraction of sp³-hybridized carbons (Fsp3) is 0. The number of carbonyl (C=O) groups is 1. The molecule has 0 spiro atoms. The molecule has 0 atom stereocenters. The molecule has 1 amide bonds. The van der Waals surface area contributed by atoms with E-state index in [0.29, 0.717) is 6.21 Å². The Kier molecular flexibility index (Phi) is 3.55. The third-order valence-electron chi connectivity index (χ3n) is 1.42. The topological polar surface area (TPSA) is 73.7 Å². The number of hydrogen-bond donors (Lipinski definition) is 3. The summed E-state index contributed by atoms with van der Waals surface area (Å²) in [5.41, 5.74) is 4.51. The zero-order valence-electron chi connectivity index (χ0n) is 7.37. The Morgan fingerprint density at radius 2 is 2.13 bits per heavy atom. The Balaban J connectivity index is 2.58. The molecule has 1 aromatic carbocycles. The first kappa shape index (κ1) is 10.9. The predicted octanol–water partition coefficient (Wildman–Crippen LogP) is 0.868. The number of carbonyl (C=O) groups excluding carboxylic acids is 1.